The number of hydrogen-bond acceptors (Lipinski definition) is 6. The van der Waals surface area contributed by atoms with Crippen LogP contribution in [0.4, 0.5) is 22.7 Å². The Morgan fingerprint density at radius 1 is 0.848 bits per heavy atom. The molecule has 3 aromatic carbocycles. The zero-order valence-electron chi connectivity index (χ0n) is 17.5. The van der Waals surface area contributed by atoms with Gasteiger partial charge in [-0.25, -0.2) is 0 Å². The minimum absolute atomic E-state index is 0.116. The highest BCUT2D eigenvalue weighted by molar-refractivity contribution is 6.01. The molecule has 168 valence electrons. The van der Waals surface area contributed by atoms with E-state index in [0.29, 0.717) is 11.4 Å². The van der Waals surface area contributed by atoms with E-state index in [1.807, 2.05) is 36.4 Å². The monoisotopic (exact) mass is 447 g/mol. The summed E-state index contributed by atoms with van der Waals surface area (Å²) in [6.07, 6.45) is -0.325. The zero-order valence-corrected chi connectivity index (χ0v) is 17.5. The Hall–Kier alpha value is -4.53. The second kappa shape index (κ2) is 11.2. The van der Waals surface area contributed by atoms with Crippen molar-refractivity contribution in [3.63, 3.8) is 0 Å². The van der Waals surface area contributed by atoms with E-state index in [1.54, 1.807) is 24.3 Å². The van der Waals surface area contributed by atoms with Gasteiger partial charge in [0, 0.05) is 35.6 Å². The number of benzene rings is 3. The predicted molar refractivity (Wildman–Crippen MR) is 122 cm³/mol. The number of nitrogens with one attached hydrogen (secondary N) is 1. The van der Waals surface area contributed by atoms with E-state index >= 15 is 0 Å². The van der Waals surface area contributed by atoms with Gasteiger partial charge in [-0.2, -0.15) is 0 Å². The molecular weight excluding hydrogens is 426 g/mol. The van der Waals surface area contributed by atoms with Gasteiger partial charge in [-0.15, -0.1) is 0 Å². The second-order valence-corrected chi connectivity index (χ2v) is 6.92. The molecule has 33 heavy (non-hydrogen) atoms. The molecule has 0 unspecified atom stereocenters. The van der Waals surface area contributed by atoms with Crippen LogP contribution in [-0.2, 0) is 19.1 Å². The molecular formula is C24H21N3O6. The quantitative estimate of drug-likeness (QED) is 0.298. The maximum Gasteiger partial charge on any atom is 0.306 e. The lowest BCUT2D eigenvalue weighted by atomic mass is 10.2. The van der Waals surface area contributed by atoms with Crippen LogP contribution in [0.3, 0.4) is 0 Å². The highest BCUT2D eigenvalue weighted by atomic mass is 16.6. The Morgan fingerprint density at radius 3 is 2.03 bits per heavy atom. The fourth-order valence-corrected chi connectivity index (χ4v) is 3.02. The van der Waals surface area contributed by atoms with Crippen LogP contribution in [-0.4, -0.2) is 29.3 Å². The molecule has 9 nitrogen and oxygen atoms in total. The summed E-state index contributed by atoms with van der Waals surface area (Å²) in [6, 6.07) is 23.5. The Kier molecular flexibility index (Phi) is 7.85. The maximum atomic E-state index is 12.9. The van der Waals surface area contributed by atoms with Crippen LogP contribution in [0, 0.1) is 10.1 Å². The van der Waals surface area contributed by atoms with Crippen LogP contribution >= 0.6 is 0 Å². The summed E-state index contributed by atoms with van der Waals surface area (Å²) < 4.78 is 4.94. The van der Waals surface area contributed by atoms with Gasteiger partial charge in [0.05, 0.1) is 11.3 Å². The minimum atomic E-state index is -0.710. The highest BCUT2D eigenvalue weighted by Crippen LogP contribution is 2.26. The number of carbonyl (C=O) groups excluding carboxylic acids is 3. The predicted octanol–water partition coefficient (Wildman–Crippen LogP) is 4.22. The van der Waals surface area contributed by atoms with Crippen LogP contribution in [0.15, 0.2) is 84.9 Å². The number of rotatable bonds is 9. The molecule has 0 fully saturated rings. The average molecular weight is 447 g/mol. The smallest absolute Gasteiger partial charge is 0.306 e. The van der Waals surface area contributed by atoms with Crippen molar-refractivity contribution in [3.05, 3.63) is 95.0 Å². The van der Waals surface area contributed by atoms with Crippen molar-refractivity contribution < 1.29 is 24.0 Å². The molecule has 0 aliphatic carbocycles. The summed E-state index contributed by atoms with van der Waals surface area (Å²) >= 11 is 0. The molecule has 0 aromatic heterocycles. The highest BCUT2D eigenvalue weighted by Gasteiger charge is 2.19. The van der Waals surface area contributed by atoms with Gasteiger partial charge in [-0.3, -0.25) is 29.4 Å². The Balaban J connectivity index is 1.53. The maximum absolute atomic E-state index is 12.9. The molecule has 3 aromatic rings. The third-order valence-corrected chi connectivity index (χ3v) is 4.53. The van der Waals surface area contributed by atoms with E-state index in [4.69, 9.17) is 4.74 Å². The van der Waals surface area contributed by atoms with E-state index in [-0.39, 0.29) is 30.1 Å². The molecule has 0 heterocycles. The standard InChI is InChI=1S/C24H21N3O6/c28-22(25-18-8-7-13-21(16-18)27(31)32)17-33-24(30)15-14-23(29)26(19-9-3-1-4-10-19)20-11-5-2-6-12-20/h1-13,16H,14-15,17H2,(H,25,28). The molecule has 0 radical (unpaired) electrons. The number of carbonyl (C=O) groups is 3. The summed E-state index contributed by atoms with van der Waals surface area (Å²) in [5.74, 6) is -1.66. The Bertz CT molecular complexity index is 1100. The number of amides is 2. The molecule has 0 spiro atoms. The van der Waals surface area contributed by atoms with Crippen molar-refractivity contribution in [3.8, 4) is 0 Å². The van der Waals surface area contributed by atoms with E-state index in [2.05, 4.69) is 5.32 Å². The average Bonchev–Trinajstić information content (AvgIpc) is 2.83. The van der Waals surface area contributed by atoms with Crippen molar-refractivity contribution in [1.82, 2.24) is 0 Å². The summed E-state index contributed by atoms with van der Waals surface area (Å²) in [5.41, 5.74) is 1.36. The fourth-order valence-electron chi connectivity index (χ4n) is 3.02. The van der Waals surface area contributed by atoms with Gasteiger partial charge in [-0.05, 0) is 30.3 Å². The summed E-state index contributed by atoms with van der Waals surface area (Å²) in [7, 11) is 0. The molecule has 0 atom stereocenters. The molecule has 0 aliphatic heterocycles. The molecule has 0 saturated heterocycles. The van der Waals surface area contributed by atoms with Crippen LogP contribution in [0.25, 0.3) is 0 Å². The number of nitro benzene ring substituents is 1. The van der Waals surface area contributed by atoms with E-state index in [9.17, 15) is 24.5 Å². The zero-order chi connectivity index (χ0) is 23.6. The number of hydrogen-bond donors (Lipinski definition) is 1. The molecule has 9 heteroatoms. The minimum Gasteiger partial charge on any atom is -0.456 e. The number of ether oxygens (including phenoxy) is 1. The van der Waals surface area contributed by atoms with Gasteiger partial charge in [0.25, 0.3) is 11.6 Å². The lowest BCUT2D eigenvalue weighted by Crippen LogP contribution is -2.27. The SMILES string of the molecule is O=C(COC(=O)CCC(=O)N(c1ccccc1)c1ccccc1)Nc1cccc([N+](=O)[O-])c1. The van der Waals surface area contributed by atoms with E-state index < -0.39 is 23.4 Å². The van der Waals surface area contributed by atoms with Crippen molar-refractivity contribution in [2.75, 3.05) is 16.8 Å². The number of esters is 1. The number of non-ortho nitro benzene ring substituents is 1. The normalized spacial score (nSPS) is 10.2. The first-order valence-corrected chi connectivity index (χ1v) is 10.1. The lowest BCUT2D eigenvalue weighted by Gasteiger charge is -2.23. The summed E-state index contributed by atoms with van der Waals surface area (Å²) in [5, 5.41) is 13.2. The third-order valence-electron chi connectivity index (χ3n) is 4.53. The Morgan fingerprint density at radius 2 is 1.45 bits per heavy atom. The number of anilines is 3. The van der Waals surface area contributed by atoms with Crippen molar-refractivity contribution in [2.45, 2.75) is 12.8 Å². The first-order chi connectivity index (χ1) is 15.9. The topological polar surface area (TPSA) is 119 Å². The van der Waals surface area contributed by atoms with Crippen LogP contribution in [0.5, 0.6) is 0 Å². The van der Waals surface area contributed by atoms with Crippen LogP contribution < -0.4 is 10.2 Å². The molecule has 0 saturated carbocycles. The van der Waals surface area contributed by atoms with Crippen molar-refractivity contribution in [1.29, 1.82) is 0 Å². The van der Waals surface area contributed by atoms with Crippen LogP contribution in [0.2, 0.25) is 0 Å². The van der Waals surface area contributed by atoms with Crippen LogP contribution in [0.1, 0.15) is 12.8 Å². The van der Waals surface area contributed by atoms with Crippen molar-refractivity contribution >= 4 is 40.5 Å². The van der Waals surface area contributed by atoms with Gasteiger partial charge in [0.15, 0.2) is 6.61 Å². The Labute approximate surface area is 189 Å². The largest absolute Gasteiger partial charge is 0.456 e. The molecule has 1 N–H and O–H groups in total. The van der Waals surface area contributed by atoms with Gasteiger partial charge in [-0.1, -0.05) is 42.5 Å². The fraction of sp³-hybridized carbons (Fsp3) is 0.125. The first-order valence-electron chi connectivity index (χ1n) is 10.1. The summed E-state index contributed by atoms with van der Waals surface area (Å²) in [4.78, 5) is 48.7. The summed E-state index contributed by atoms with van der Waals surface area (Å²) in [6.45, 7) is -0.573. The molecule has 2 amide bonds. The third kappa shape index (κ3) is 6.73. The van der Waals surface area contributed by atoms with Gasteiger partial charge >= 0.3 is 5.97 Å². The van der Waals surface area contributed by atoms with Crippen molar-refractivity contribution in [2.24, 2.45) is 0 Å². The first kappa shape index (κ1) is 23.1. The van der Waals surface area contributed by atoms with Gasteiger partial charge in [0.1, 0.15) is 0 Å². The number of nitro groups is 1. The lowest BCUT2D eigenvalue weighted by molar-refractivity contribution is -0.384. The van der Waals surface area contributed by atoms with Gasteiger partial charge < -0.3 is 10.1 Å². The van der Waals surface area contributed by atoms with E-state index in [1.165, 1.54) is 29.2 Å². The molecule has 0 bridgehead atoms. The molecule has 0 aliphatic rings. The number of para-hydroxylation sites is 2. The van der Waals surface area contributed by atoms with E-state index in [0.717, 1.165) is 0 Å². The second-order valence-electron chi connectivity index (χ2n) is 6.92. The molecule has 3 rings (SSSR count). The number of nitrogens with zero attached hydrogens (tertiary/aromatic N) is 2. The van der Waals surface area contributed by atoms with Gasteiger partial charge in [0.2, 0.25) is 5.91 Å².